The molecule has 0 aliphatic carbocycles. The van der Waals surface area contributed by atoms with Gasteiger partial charge in [-0.15, -0.1) is 0 Å². The van der Waals surface area contributed by atoms with Gasteiger partial charge in [0.05, 0.1) is 4.90 Å². The van der Waals surface area contributed by atoms with E-state index in [9.17, 15) is 26.4 Å². The fourth-order valence-electron chi connectivity index (χ4n) is 3.11. The number of benzene rings is 1. The molecule has 2 heterocycles. The van der Waals surface area contributed by atoms with E-state index in [1.165, 1.54) is 28.6 Å². The van der Waals surface area contributed by atoms with Crippen molar-refractivity contribution in [3.63, 3.8) is 0 Å². The van der Waals surface area contributed by atoms with Gasteiger partial charge in [-0.2, -0.15) is 22.6 Å². The Labute approximate surface area is 166 Å². The molecule has 1 aliphatic heterocycles. The number of nitrogens with one attached hydrogen (secondary N) is 1. The third kappa shape index (κ3) is 5.36. The normalized spacial score (nSPS) is 16.4. The summed E-state index contributed by atoms with van der Waals surface area (Å²) in [6.07, 6.45) is 0.0659. The number of sulfonamides is 1. The van der Waals surface area contributed by atoms with Gasteiger partial charge in [0.2, 0.25) is 15.9 Å². The molecule has 0 unspecified atom stereocenters. The molecule has 1 aromatic heterocycles. The first kappa shape index (κ1) is 21.3. The molecular formula is C18H21F3N4O3S. The fourth-order valence-corrected chi connectivity index (χ4v) is 4.68. The monoisotopic (exact) mass is 430 g/mol. The Kier molecular flexibility index (Phi) is 6.27. The molecule has 0 atom stereocenters. The molecular weight excluding hydrogens is 409 g/mol. The lowest BCUT2D eigenvalue weighted by Crippen LogP contribution is -2.32. The summed E-state index contributed by atoms with van der Waals surface area (Å²) in [4.78, 5) is 12.2. The van der Waals surface area contributed by atoms with Crippen LogP contribution in [0, 0.1) is 0 Å². The standard InChI is InChI=1S/C18H21F3N4O3S/c19-18(20,21)16-8-11-24(23-16)13-17(26)22-14-6-5-7-15(12-14)29(27,28)25-9-3-1-2-4-10-25/h5-8,11-12H,1-4,9-10,13H2,(H,22,26). The van der Waals surface area contributed by atoms with Crippen molar-refractivity contribution in [2.24, 2.45) is 0 Å². The van der Waals surface area contributed by atoms with Gasteiger partial charge in [-0.1, -0.05) is 18.9 Å². The highest BCUT2D eigenvalue weighted by molar-refractivity contribution is 7.89. The van der Waals surface area contributed by atoms with E-state index in [4.69, 9.17) is 0 Å². The van der Waals surface area contributed by atoms with Gasteiger partial charge in [0, 0.05) is 25.0 Å². The van der Waals surface area contributed by atoms with Crippen molar-refractivity contribution in [2.75, 3.05) is 18.4 Å². The average molecular weight is 430 g/mol. The van der Waals surface area contributed by atoms with E-state index < -0.39 is 34.3 Å². The second kappa shape index (κ2) is 8.54. The molecule has 11 heteroatoms. The number of amides is 1. The van der Waals surface area contributed by atoms with E-state index in [0.717, 1.165) is 42.6 Å². The van der Waals surface area contributed by atoms with Crippen molar-refractivity contribution >= 4 is 21.6 Å². The number of anilines is 1. The number of hydrogen-bond donors (Lipinski definition) is 1. The summed E-state index contributed by atoms with van der Waals surface area (Å²) in [5, 5.41) is 5.82. The van der Waals surface area contributed by atoms with Crippen molar-refractivity contribution in [3.8, 4) is 0 Å². The molecule has 0 spiro atoms. The number of halogens is 3. The van der Waals surface area contributed by atoms with Crippen LogP contribution >= 0.6 is 0 Å². The Morgan fingerprint density at radius 3 is 2.41 bits per heavy atom. The average Bonchev–Trinajstić information content (AvgIpc) is 2.95. The second-order valence-electron chi connectivity index (χ2n) is 6.79. The minimum Gasteiger partial charge on any atom is -0.324 e. The molecule has 0 radical (unpaired) electrons. The van der Waals surface area contributed by atoms with Gasteiger partial charge in [-0.3, -0.25) is 9.48 Å². The minimum absolute atomic E-state index is 0.0654. The van der Waals surface area contributed by atoms with Crippen molar-refractivity contribution in [2.45, 2.75) is 43.3 Å². The van der Waals surface area contributed by atoms with Crippen LogP contribution in [0.25, 0.3) is 0 Å². The SMILES string of the molecule is O=C(Cn1ccc(C(F)(F)F)n1)Nc1cccc(S(=O)(=O)N2CCCCCC2)c1. The summed E-state index contributed by atoms with van der Waals surface area (Å²) >= 11 is 0. The lowest BCUT2D eigenvalue weighted by Gasteiger charge is -2.20. The summed E-state index contributed by atoms with van der Waals surface area (Å²) in [7, 11) is -3.68. The van der Waals surface area contributed by atoms with Gasteiger partial charge in [0.1, 0.15) is 6.54 Å². The quantitative estimate of drug-likeness (QED) is 0.790. The maximum atomic E-state index is 12.9. The Morgan fingerprint density at radius 1 is 1.10 bits per heavy atom. The van der Waals surface area contributed by atoms with Crippen LogP contribution in [-0.2, 0) is 27.5 Å². The van der Waals surface area contributed by atoms with Crippen LogP contribution < -0.4 is 5.32 Å². The Balaban J connectivity index is 1.69. The lowest BCUT2D eigenvalue weighted by molar-refractivity contribution is -0.141. The first-order chi connectivity index (χ1) is 13.7. The summed E-state index contributed by atoms with van der Waals surface area (Å²) in [6.45, 7) is 0.485. The van der Waals surface area contributed by atoms with Crippen molar-refractivity contribution < 1.29 is 26.4 Å². The zero-order valence-electron chi connectivity index (χ0n) is 15.5. The molecule has 0 saturated carbocycles. The van der Waals surface area contributed by atoms with Crippen LogP contribution in [-0.4, -0.2) is 41.5 Å². The zero-order chi connectivity index (χ0) is 21.1. The van der Waals surface area contributed by atoms with E-state index >= 15 is 0 Å². The molecule has 1 saturated heterocycles. The van der Waals surface area contributed by atoms with Crippen molar-refractivity contribution in [3.05, 3.63) is 42.2 Å². The van der Waals surface area contributed by atoms with Crippen LogP contribution in [0.4, 0.5) is 18.9 Å². The van der Waals surface area contributed by atoms with Crippen LogP contribution in [0.15, 0.2) is 41.4 Å². The number of alkyl halides is 3. The third-order valence-electron chi connectivity index (χ3n) is 4.56. The Morgan fingerprint density at radius 2 is 1.79 bits per heavy atom. The maximum Gasteiger partial charge on any atom is 0.435 e. The Bertz CT molecular complexity index is 965. The third-order valence-corrected chi connectivity index (χ3v) is 6.45. The topological polar surface area (TPSA) is 84.3 Å². The number of rotatable bonds is 5. The van der Waals surface area contributed by atoms with Gasteiger partial charge in [-0.05, 0) is 37.1 Å². The van der Waals surface area contributed by atoms with E-state index in [0.29, 0.717) is 13.1 Å². The summed E-state index contributed by atoms with van der Waals surface area (Å²) in [5.41, 5.74) is -0.843. The molecule has 7 nitrogen and oxygen atoms in total. The molecule has 1 aliphatic rings. The number of carbonyl (C=O) groups excluding carboxylic acids is 1. The van der Waals surface area contributed by atoms with Crippen LogP contribution in [0.3, 0.4) is 0 Å². The highest BCUT2D eigenvalue weighted by atomic mass is 32.2. The van der Waals surface area contributed by atoms with E-state index in [1.807, 2.05) is 0 Å². The van der Waals surface area contributed by atoms with Crippen LogP contribution in [0.2, 0.25) is 0 Å². The molecule has 1 amide bonds. The smallest absolute Gasteiger partial charge is 0.324 e. The van der Waals surface area contributed by atoms with Gasteiger partial charge < -0.3 is 5.32 Å². The van der Waals surface area contributed by atoms with Gasteiger partial charge in [-0.25, -0.2) is 8.42 Å². The molecule has 3 rings (SSSR count). The number of aromatic nitrogens is 2. The van der Waals surface area contributed by atoms with Gasteiger partial charge in [0.15, 0.2) is 5.69 Å². The summed E-state index contributed by atoms with van der Waals surface area (Å²) < 4.78 is 65.8. The highest BCUT2D eigenvalue weighted by Gasteiger charge is 2.33. The maximum absolute atomic E-state index is 12.9. The van der Waals surface area contributed by atoms with E-state index in [1.54, 1.807) is 0 Å². The Hall–Kier alpha value is -2.40. The summed E-state index contributed by atoms with van der Waals surface area (Å²) in [6, 6.07) is 6.61. The largest absolute Gasteiger partial charge is 0.435 e. The minimum atomic E-state index is -4.59. The number of hydrogen-bond acceptors (Lipinski definition) is 4. The van der Waals surface area contributed by atoms with E-state index in [2.05, 4.69) is 10.4 Å². The molecule has 0 bridgehead atoms. The van der Waals surface area contributed by atoms with E-state index in [-0.39, 0.29) is 10.6 Å². The van der Waals surface area contributed by atoms with Gasteiger partial charge >= 0.3 is 6.18 Å². The number of carbonyl (C=O) groups is 1. The molecule has 1 fully saturated rings. The predicted molar refractivity (Wildman–Crippen MR) is 99.5 cm³/mol. The predicted octanol–water partition coefficient (Wildman–Crippen LogP) is 3.11. The summed E-state index contributed by atoms with van der Waals surface area (Å²) in [5.74, 6) is -0.619. The fraction of sp³-hybridized carbons (Fsp3) is 0.444. The number of nitrogens with zero attached hydrogens (tertiary/aromatic N) is 3. The molecule has 2 aromatic rings. The zero-order valence-corrected chi connectivity index (χ0v) is 16.3. The van der Waals surface area contributed by atoms with Crippen molar-refractivity contribution in [1.29, 1.82) is 0 Å². The van der Waals surface area contributed by atoms with Gasteiger partial charge in [0.25, 0.3) is 0 Å². The first-order valence-corrected chi connectivity index (χ1v) is 10.6. The van der Waals surface area contributed by atoms with Crippen molar-refractivity contribution in [1.82, 2.24) is 14.1 Å². The first-order valence-electron chi connectivity index (χ1n) is 9.17. The molecule has 29 heavy (non-hydrogen) atoms. The molecule has 1 N–H and O–H groups in total. The molecule has 158 valence electrons. The van der Waals surface area contributed by atoms with Crippen LogP contribution in [0.5, 0.6) is 0 Å². The highest BCUT2D eigenvalue weighted by Crippen LogP contribution is 2.27. The second-order valence-corrected chi connectivity index (χ2v) is 8.73. The molecule has 1 aromatic carbocycles. The van der Waals surface area contributed by atoms with Crippen LogP contribution in [0.1, 0.15) is 31.4 Å². The lowest BCUT2D eigenvalue weighted by atomic mass is 10.2.